The molecular weight excluding hydrogens is 505 g/mol. The highest BCUT2D eigenvalue weighted by molar-refractivity contribution is 6.32. The van der Waals surface area contributed by atoms with Gasteiger partial charge in [0.2, 0.25) is 0 Å². The van der Waals surface area contributed by atoms with Crippen LogP contribution in [-0.2, 0) is 6.18 Å². The molecule has 0 aliphatic heterocycles. The number of carbonyl (C=O) groups excluding carboxylic acids is 2. The van der Waals surface area contributed by atoms with Crippen molar-refractivity contribution >= 4 is 34.6 Å². The maximum atomic E-state index is 14.1. The predicted octanol–water partition coefficient (Wildman–Crippen LogP) is 2.52. The van der Waals surface area contributed by atoms with Crippen LogP contribution >= 0.6 is 11.6 Å². The molecule has 182 valence electrons. The highest BCUT2D eigenvalue weighted by Gasteiger charge is 2.41. The minimum absolute atomic E-state index is 0.0331. The van der Waals surface area contributed by atoms with E-state index >= 15 is 0 Å². The standard InChI is InChI=1S/C20H12ClF3N10O2/c21-12-7-10(8-26-18(12)34-28-5-6-29-34)31-19(36)11-9-30-33(16(11)20(22,23)24)13-1-2-15(17(25)35)32-14(13)3-4-27-32/h1-9H,(H2,25,35)(H,31,36). The molecule has 0 unspecified atom stereocenters. The zero-order valence-electron chi connectivity index (χ0n) is 17.7. The molecule has 0 aliphatic carbocycles. The van der Waals surface area contributed by atoms with E-state index in [2.05, 4.69) is 30.7 Å². The van der Waals surface area contributed by atoms with Gasteiger partial charge in [0.15, 0.2) is 11.5 Å². The zero-order chi connectivity index (χ0) is 25.6. The van der Waals surface area contributed by atoms with Crippen molar-refractivity contribution in [2.75, 3.05) is 5.32 Å². The molecule has 12 nitrogen and oxygen atoms in total. The topological polar surface area (TPSA) is 151 Å². The smallest absolute Gasteiger partial charge is 0.364 e. The summed E-state index contributed by atoms with van der Waals surface area (Å²) in [6.45, 7) is 0. The molecule has 3 N–H and O–H groups in total. The number of pyridine rings is 2. The van der Waals surface area contributed by atoms with E-state index in [1.165, 1.54) is 49.1 Å². The monoisotopic (exact) mass is 516 g/mol. The second-order valence-electron chi connectivity index (χ2n) is 7.21. The molecule has 5 aromatic rings. The maximum absolute atomic E-state index is 14.1. The first kappa shape index (κ1) is 23.0. The van der Waals surface area contributed by atoms with Gasteiger partial charge in [-0.15, -0.1) is 4.80 Å². The lowest BCUT2D eigenvalue weighted by atomic mass is 10.2. The second-order valence-corrected chi connectivity index (χ2v) is 7.62. The molecular formula is C20H12ClF3N10O2. The Morgan fingerprint density at radius 3 is 2.42 bits per heavy atom. The molecule has 0 aliphatic rings. The average Bonchev–Trinajstić information content (AvgIpc) is 3.58. The van der Waals surface area contributed by atoms with Crippen molar-refractivity contribution in [3.05, 3.63) is 77.2 Å². The Labute approximate surface area is 203 Å². The number of rotatable bonds is 5. The van der Waals surface area contributed by atoms with E-state index in [1.54, 1.807) is 0 Å². The summed E-state index contributed by atoms with van der Waals surface area (Å²) in [7, 11) is 0. The van der Waals surface area contributed by atoms with Gasteiger partial charge < -0.3 is 11.1 Å². The minimum atomic E-state index is -4.98. The highest BCUT2D eigenvalue weighted by Crippen LogP contribution is 2.35. The third-order valence-electron chi connectivity index (χ3n) is 4.98. The summed E-state index contributed by atoms with van der Waals surface area (Å²) >= 11 is 6.17. The van der Waals surface area contributed by atoms with Crippen LogP contribution in [0.25, 0.3) is 17.0 Å². The fourth-order valence-corrected chi connectivity index (χ4v) is 3.75. The molecule has 0 spiro atoms. The van der Waals surface area contributed by atoms with Gasteiger partial charge in [0.25, 0.3) is 11.8 Å². The molecule has 5 rings (SSSR count). The summed E-state index contributed by atoms with van der Waals surface area (Å²) in [6, 6.07) is 5.12. The molecule has 0 aromatic carbocycles. The van der Waals surface area contributed by atoms with Crippen LogP contribution in [0.15, 0.2) is 55.2 Å². The number of aromatic nitrogens is 8. The normalized spacial score (nSPS) is 11.7. The lowest BCUT2D eigenvalue weighted by Gasteiger charge is -2.14. The number of alkyl halides is 3. The van der Waals surface area contributed by atoms with Gasteiger partial charge in [-0.25, -0.2) is 14.2 Å². The first-order valence-electron chi connectivity index (χ1n) is 9.91. The van der Waals surface area contributed by atoms with Gasteiger partial charge in [-0.2, -0.15) is 33.6 Å². The van der Waals surface area contributed by atoms with Crippen LogP contribution in [0.1, 0.15) is 26.5 Å². The molecule has 0 saturated carbocycles. The zero-order valence-corrected chi connectivity index (χ0v) is 18.4. The SMILES string of the molecule is NC(=O)c1ccc(-n2ncc(C(=O)Nc3cnc(-n4nccn4)c(Cl)c3)c2C(F)(F)F)c2ccnn12. The van der Waals surface area contributed by atoms with Gasteiger partial charge in [-0.3, -0.25) is 9.59 Å². The summed E-state index contributed by atoms with van der Waals surface area (Å²) in [4.78, 5) is 29.7. The molecule has 0 radical (unpaired) electrons. The first-order chi connectivity index (χ1) is 17.1. The van der Waals surface area contributed by atoms with Crippen LogP contribution in [0.5, 0.6) is 0 Å². The van der Waals surface area contributed by atoms with Crippen molar-refractivity contribution in [3.8, 4) is 11.5 Å². The Bertz CT molecular complexity index is 1620. The van der Waals surface area contributed by atoms with Crippen LogP contribution in [0.3, 0.4) is 0 Å². The molecule has 5 heterocycles. The number of nitrogens with two attached hydrogens (primary N) is 1. The molecule has 2 amide bonds. The molecule has 0 bridgehead atoms. The number of halogens is 4. The first-order valence-corrected chi connectivity index (χ1v) is 10.3. The third kappa shape index (κ3) is 3.90. The van der Waals surface area contributed by atoms with Crippen molar-refractivity contribution in [2.24, 2.45) is 5.73 Å². The van der Waals surface area contributed by atoms with E-state index in [4.69, 9.17) is 17.3 Å². The van der Waals surface area contributed by atoms with Crippen LogP contribution < -0.4 is 11.1 Å². The van der Waals surface area contributed by atoms with E-state index in [0.29, 0.717) is 4.68 Å². The lowest BCUT2D eigenvalue weighted by Crippen LogP contribution is -2.22. The number of hydrogen-bond acceptors (Lipinski definition) is 7. The number of carbonyl (C=O) groups is 2. The summed E-state index contributed by atoms with van der Waals surface area (Å²) in [6.07, 6.45) is 1.10. The number of anilines is 1. The number of fused-ring (bicyclic) bond motifs is 1. The quantitative estimate of drug-likeness (QED) is 0.364. The van der Waals surface area contributed by atoms with Crippen molar-refractivity contribution in [3.63, 3.8) is 0 Å². The fraction of sp³-hybridized carbons (Fsp3) is 0.0500. The van der Waals surface area contributed by atoms with E-state index in [1.807, 2.05) is 0 Å². The van der Waals surface area contributed by atoms with Gasteiger partial charge >= 0.3 is 6.18 Å². The molecule has 0 saturated heterocycles. The second kappa shape index (κ2) is 8.46. The van der Waals surface area contributed by atoms with E-state index in [-0.39, 0.29) is 33.4 Å². The molecule has 0 atom stereocenters. The van der Waals surface area contributed by atoms with Crippen LogP contribution in [-0.4, -0.2) is 51.2 Å². The number of primary amides is 1. The Balaban J connectivity index is 1.54. The largest absolute Gasteiger partial charge is 0.434 e. The molecule has 0 fully saturated rings. The number of nitrogens with zero attached hydrogens (tertiary/aromatic N) is 8. The number of nitrogens with one attached hydrogen (secondary N) is 1. The number of amides is 2. The van der Waals surface area contributed by atoms with E-state index in [9.17, 15) is 22.8 Å². The maximum Gasteiger partial charge on any atom is 0.434 e. The minimum Gasteiger partial charge on any atom is -0.364 e. The molecule has 5 aromatic heterocycles. The fourth-order valence-electron chi connectivity index (χ4n) is 3.51. The molecule has 16 heteroatoms. The van der Waals surface area contributed by atoms with Gasteiger partial charge in [-0.1, -0.05) is 11.6 Å². The summed E-state index contributed by atoms with van der Waals surface area (Å²) in [5.41, 5.74) is 3.24. The Morgan fingerprint density at radius 2 is 1.75 bits per heavy atom. The van der Waals surface area contributed by atoms with Crippen molar-refractivity contribution in [1.29, 1.82) is 0 Å². The predicted molar refractivity (Wildman–Crippen MR) is 118 cm³/mol. The van der Waals surface area contributed by atoms with Gasteiger partial charge in [-0.05, 0) is 24.3 Å². The lowest BCUT2D eigenvalue weighted by molar-refractivity contribution is -0.143. The van der Waals surface area contributed by atoms with Crippen LogP contribution in [0, 0.1) is 0 Å². The number of hydrogen-bond donors (Lipinski definition) is 2. The Morgan fingerprint density at radius 1 is 1.00 bits per heavy atom. The van der Waals surface area contributed by atoms with Crippen molar-refractivity contribution in [2.45, 2.75) is 6.18 Å². The van der Waals surface area contributed by atoms with Crippen molar-refractivity contribution in [1.82, 2.24) is 39.4 Å². The highest BCUT2D eigenvalue weighted by atomic mass is 35.5. The van der Waals surface area contributed by atoms with E-state index < -0.39 is 29.2 Å². The van der Waals surface area contributed by atoms with Gasteiger partial charge in [0.1, 0.15) is 5.69 Å². The summed E-state index contributed by atoms with van der Waals surface area (Å²) < 4.78 is 44.1. The Kier molecular flexibility index (Phi) is 5.40. The average molecular weight is 517 g/mol. The Hall–Kier alpha value is -4.79. The third-order valence-corrected chi connectivity index (χ3v) is 5.26. The molecule has 36 heavy (non-hydrogen) atoms. The van der Waals surface area contributed by atoms with Gasteiger partial charge in [0.05, 0.1) is 58.5 Å². The van der Waals surface area contributed by atoms with Crippen LogP contribution in [0.2, 0.25) is 5.02 Å². The van der Waals surface area contributed by atoms with Crippen molar-refractivity contribution < 1.29 is 22.8 Å². The van der Waals surface area contributed by atoms with Crippen LogP contribution in [0.4, 0.5) is 18.9 Å². The van der Waals surface area contributed by atoms with E-state index in [0.717, 1.165) is 15.5 Å². The summed E-state index contributed by atoms with van der Waals surface area (Å²) in [5.74, 6) is -1.77. The van der Waals surface area contributed by atoms with Gasteiger partial charge in [0, 0.05) is 0 Å². The summed E-state index contributed by atoms with van der Waals surface area (Å²) in [5, 5.41) is 17.9.